The maximum Gasteiger partial charge on any atom is 0.343 e. The van der Waals surface area contributed by atoms with Gasteiger partial charge in [0, 0.05) is 10.7 Å². The van der Waals surface area contributed by atoms with Gasteiger partial charge in [0.05, 0.1) is 25.5 Å². The van der Waals surface area contributed by atoms with Crippen LogP contribution >= 0.6 is 23.8 Å². The number of carbonyl (C=O) groups excluding carboxylic acids is 1. The van der Waals surface area contributed by atoms with Crippen molar-refractivity contribution >= 4 is 46.8 Å². The molecule has 0 spiro atoms. The third-order valence-corrected chi connectivity index (χ3v) is 4.68. The van der Waals surface area contributed by atoms with E-state index in [-0.39, 0.29) is 0 Å². The van der Waals surface area contributed by atoms with Crippen LogP contribution in [0, 0.1) is 0 Å². The second-order valence-electron chi connectivity index (χ2n) is 6.59. The van der Waals surface area contributed by atoms with E-state index in [1.165, 1.54) is 7.11 Å². The van der Waals surface area contributed by atoms with Crippen molar-refractivity contribution in [1.82, 2.24) is 5.43 Å². The molecule has 3 rings (SSSR count). The fraction of sp³-hybridized carbons (Fsp3) is 0.125. The van der Waals surface area contributed by atoms with Crippen molar-refractivity contribution < 1.29 is 19.0 Å². The van der Waals surface area contributed by atoms with Gasteiger partial charge in [-0.05, 0) is 85.4 Å². The molecule has 0 saturated heterocycles. The number of esters is 1. The molecule has 0 fully saturated rings. The molecule has 0 amide bonds. The minimum atomic E-state index is -0.503. The molecule has 0 aliphatic rings. The zero-order valence-electron chi connectivity index (χ0n) is 18.0. The van der Waals surface area contributed by atoms with Crippen molar-refractivity contribution in [2.75, 3.05) is 19.0 Å². The molecule has 0 unspecified atom stereocenters. The van der Waals surface area contributed by atoms with Gasteiger partial charge in [0.25, 0.3) is 0 Å². The van der Waals surface area contributed by atoms with Crippen LogP contribution < -0.4 is 25.0 Å². The zero-order chi connectivity index (χ0) is 23.6. The Labute approximate surface area is 202 Å². The summed E-state index contributed by atoms with van der Waals surface area (Å²) in [6.07, 6.45) is 1.56. The van der Waals surface area contributed by atoms with Crippen LogP contribution in [0.3, 0.4) is 0 Å². The van der Waals surface area contributed by atoms with Crippen LogP contribution in [0.25, 0.3) is 0 Å². The van der Waals surface area contributed by atoms with Gasteiger partial charge in [0.2, 0.25) is 0 Å². The first-order chi connectivity index (χ1) is 16.0. The lowest BCUT2D eigenvalue weighted by Crippen LogP contribution is -2.23. The van der Waals surface area contributed by atoms with Gasteiger partial charge in [-0.15, -0.1) is 0 Å². The molecule has 7 nitrogen and oxygen atoms in total. The summed E-state index contributed by atoms with van der Waals surface area (Å²) in [6, 6.07) is 19.0. The van der Waals surface area contributed by atoms with E-state index in [0.29, 0.717) is 45.1 Å². The maximum atomic E-state index is 12.5. The van der Waals surface area contributed by atoms with Crippen molar-refractivity contribution in [3.63, 3.8) is 0 Å². The standard InChI is InChI=1S/C24H22ClN3O4S/c1-3-31-20-10-8-17(9-11-20)23(29)32-21-12-7-16(13-22(21)30-2)15-26-28-24(33)27-19-6-4-5-18(25)14-19/h4-15H,3H2,1-2H3,(H2,27,28,33)/b26-15-. The molecular weight excluding hydrogens is 462 g/mol. The van der Waals surface area contributed by atoms with Crippen LogP contribution in [0.2, 0.25) is 5.02 Å². The molecule has 3 aromatic carbocycles. The SMILES string of the molecule is CCOc1ccc(C(=O)Oc2ccc(/C=N\NC(=S)Nc3cccc(Cl)c3)cc2OC)cc1. The Kier molecular flexibility index (Phi) is 8.63. The van der Waals surface area contributed by atoms with Gasteiger partial charge in [-0.2, -0.15) is 5.10 Å². The first kappa shape index (κ1) is 24.0. The van der Waals surface area contributed by atoms with E-state index in [9.17, 15) is 4.79 Å². The van der Waals surface area contributed by atoms with Crippen molar-refractivity contribution in [1.29, 1.82) is 0 Å². The molecule has 0 atom stereocenters. The van der Waals surface area contributed by atoms with Gasteiger partial charge < -0.3 is 19.5 Å². The smallest absolute Gasteiger partial charge is 0.343 e. The lowest BCUT2D eigenvalue weighted by molar-refractivity contribution is 0.0729. The highest BCUT2D eigenvalue weighted by Crippen LogP contribution is 2.28. The molecule has 0 radical (unpaired) electrons. The molecule has 0 heterocycles. The summed E-state index contributed by atoms with van der Waals surface area (Å²) in [5, 5.41) is 8.00. The first-order valence-electron chi connectivity index (χ1n) is 9.97. The summed E-state index contributed by atoms with van der Waals surface area (Å²) in [7, 11) is 1.49. The molecule has 2 N–H and O–H groups in total. The summed E-state index contributed by atoms with van der Waals surface area (Å²) in [5.41, 5.74) is 4.59. The molecule has 9 heteroatoms. The van der Waals surface area contributed by atoms with E-state index in [2.05, 4.69) is 15.8 Å². The molecule has 0 aliphatic heterocycles. The molecule has 0 bridgehead atoms. The number of ether oxygens (including phenoxy) is 3. The van der Waals surface area contributed by atoms with Gasteiger partial charge in [-0.1, -0.05) is 17.7 Å². The molecule has 33 heavy (non-hydrogen) atoms. The summed E-state index contributed by atoms with van der Waals surface area (Å²) >= 11 is 11.2. The highest BCUT2D eigenvalue weighted by Gasteiger charge is 2.13. The topological polar surface area (TPSA) is 81.2 Å². The minimum absolute atomic E-state index is 0.291. The summed E-state index contributed by atoms with van der Waals surface area (Å²) in [5.74, 6) is 0.862. The predicted molar refractivity (Wildman–Crippen MR) is 134 cm³/mol. The number of rotatable bonds is 8. The molecule has 0 saturated carbocycles. The number of benzene rings is 3. The molecule has 170 valence electrons. The Balaban J connectivity index is 1.60. The number of hydrazone groups is 1. The largest absolute Gasteiger partial charge is 0.494 e. The highest BCUT2D eigenvalue weighted by molar-refractivity contribution is 7.80. The van der Waals surface area contributed by atoms with Gasteiger partial charge in [0.1, 0.15) is 5.75 Å². The van der Waals surface area contributed by atoms with Crippen molar-refractivity contribution in [2.24, 2.45) is 5.10 Å². The molecular formula is C24H22ClN3O4S. The monoisotopic (exact) mass is 483 g/mol. The van der Waals surface area contributed by atoms with Gasteiger partial charge in [-0.3, -0.25) is 5.43 Å². The average molecular weight is 484 g/mol. The van der Waals surface area contributed by atoms with Crippen LogP contribution in [-0.2, 0) is 0 Å². The lowest BCUT2D eigenvalue weighted by Gasteiger charge is -2.10. The number of thiocarbonyl (C=S) groups is 1. The number of nitrogens with zero attached hydrogens (tertiary/aromatic N) is 1. The highest BCUT2D eigenvalue weighted by atomic mass is 35.5. The Morgan fingerprint density at radius 1 is 1.09 bits per heavy atom. The van der Waals surface area contributed by atoms with Crippen LogP contribution in [0.15, 0.2) is 71.8 Å². The van der Waals surface area contributed by atoms with Crippen LogP contribution in [0.5, 0.6) is 17.2 Å². The maximum absolute atomic E-state index is 12.5. The normalized spacial score (nSPS) is 10.5. The Hall–Kier alpha value is -3.62. The van der Waals surface area contributed by atoms with E-state index in [1.807, 2.05) is 19.1 Å². The Morgan fingerprint density at radius 3 is 2.58 bits per heavy atom. The van der Waals surface area contributed by atoms with Crippen molar-refractivity contribution in [3.05, 3.63) is 82.9 Å². The van der Waals surface area contributed by atoms with Crippen LogP contribution in [-0.4, -0.2) is 31.0 Å². The van der Waals surface area contributed by atoms with E-state index in [0.717, 1.165) is 5.69 Å². The minimum Gasteiger partial charge on any atom is -0.494 e. The number of carbonyl (C=O) groups is 1. The number of nitrogens with one attached hydrogen (secondary N) is 2. The third kappa shape index (κ3) is 7.20. The number of anilines is 1. The number of halogens is 1. The second-order valence-corrected chi connectivity index (χ2v) is 7.44. The number of hydrogen-bond acceptors (Lipinski definition) is 6. The first-order valence-corrected chi connectivity index (χ1v) is 10.8. The fourth-order valence-electron chi connectivity index (χ4n) is 2.75. The van der Waals surface area contributed by atoms with E-state index in [1.54, 1.807) is 60.8 Å². The average Bonchev–Trinajstić information content (AvgIpc) is 2.80. The Morgan fingerprint density at radius 2 is 1.88 bits per heavy atom. The third-order valence-electron chi connectivity index (χ3n) is 4.25. The second kappa shape index (κ2) is 11.8. The zero-order valence-corrected chi connectivity index (χ0v) is 19.6. The van der Waals surface area contributed by atoms with E-state index < -0.39 is 5.97 Å². The van der Waals surface area contributed by atoms with E-state index >= 15 is 0 Å². The Bertz CT molecular complexity index is 1150. The number of hydrogen-bond donors (Lipinski definition) is 2. The van der Waals surface area contributed by atoms with Gasteiger partial charge >= 0.3 is 5.97 Å². The molecule has 0 aliphatic carbocycles. The summed E-state index contributed by atoms with van der Waals surface area (Å²) in [6.45, 7) is 2.45. The van der Waals surface area contributed by atoms with Gasteiger partial charge in [-0.25, -0.2) is 4.79 Å². The number of methoxy groups -OCH3 is 1. The van der Waals surface area contributed by atoms with Crippen molar-refractivity contribution in [3.8, 4) is 17.2 Å². The molecule has 0 aromatic heterocycles. The molecule has 3 aromatic rings. The van der Waals surface area contributed by atoms with Gasteiger partial charge in [0.15, 0.2) is 16.6 Å². The quantitative estimate of drug-likeness (QED) is 0.148. The summed E-state index contributed by atoms with van der Waals surface area (Å²) < 4.78 is 16.2. The van der Waals surface area contributed by atoms with E-state index in [4.69, 9.17) is 38.0 Å². The summed E-state index contributed by atoms with van der Waals surface area (Å²) in [4.78, 5) is 12.5. The predicted octanol–water partition coefficient (Wildman–Crippen LogP) is 5.29. The van der Waals surface area contributed by atoms with Crippen LogP contribution in [0.4, 0.5) is 5.69 Å². The van der Waals surface area contributed by atoms with Crippen LogP contribution in [0.1, 0.15) is 22.8 Å². The lowest BCUT2D eigenvalue weighted by atomic mass is 10.2. The fourth-order valence-corrected chi connectivity index (χ4v) is 3.11. The van der Waals surface area contributed by atoms with Crippen molar-refractivity contribution in [2.45, 2.75) is 6.92 Å².